The zero-order valence-electron chi connectivity index (χ0n) is 16.8. The lowest BCUT2D eigenvalue weighted by Crippen LogP contribution is -2.59. The van der Waals surface area contributed by atoms with Crippen LogP contribution in [-0.2, 0) is 10.8 Å². The molecule has 0 saturated heterocycles. The smallest absolute Gasteiger partial charge is 0.335 e. The number of amides is 1. The van der Waals surface area contributed by atoms with Gasteiger partial charge in [0.05, 0.1) is 5.56 Å². The summed E-state index contributed by atoms with van der Waals surface area (Å²) in [4.78, 5) is 26.3. The van der Waals surface area contributed by atoms with Crippen LogP contribution in [0, 0.1) is 11.8 Å². The number of likely N-dealkylation sites (N-methyl/N-ethyl adjacent to an activating group) is 1. The molecule has 29 heavy (non-hydrogen) atoms. The van der Waals surface area contributed by atoms with Crippen molar-refractivity contribution in [2.75, 3.05) is 7.05 Å². The lowest BCUT2D eigenvalue weighted by Gasteiger charge is -2.56. The molecule has 2 unspecified atom stereocenters. The second-order valence-corrected chi connectivity index (χ2v) is 9.43. The fourth-order valence-corrected chi connectivity index (χ4v) is 7.01. The van der Waals surface area contributed by atoms with Crippen LogP contribution in [0.3, 0.4) is 0 Å². The summed E-state index contributed by atoms with van der Waals surface area (Å²) in [5.74, 6) is 0.122. The number of aromatic hydroxyl groups is 1. The Morgan fingerprint density at radius 3 is 2.34 bits per heavy atom. The molecule has 5 heteroatoms. The highest BCUT2D eigenvalue weighted by atomic mass is 16.4. The van der Waals surface area contributed by atoms with E-state index in [-0.39, 0.29) is 34.1 Å². The van der Waals surface area contributed by atoms with Gasteiger partial charge in [0.2, 0.25) is 0 Å². The maximum atomic E-state index is 13.3. The van der Waals surface area contributed by atoms with Crippen LogP contribution in [0.15, 0.2) is 42.5 Å². The molecule has 2 bridgehead atoms. The molecule has 2 saturated carbocycles. The number of carboxylic acid groups (broad SMARTS) is 1. The fourth-order valence-electron chi connectivity index (χ4n) is 7.01. The molecule has 2 N–H and O–H groups in total. The summed E-state index contributed by atoms with van der Waals surface area (Å²) in [5, 5.41) is 19.2. The number of hydrogen-bond donors (Lipinski definition) is 2. The van der Waals surface area contributed by atoms with Gasteiger partial charge in [-0.25, -0.2) is 4.79 Å². The Hall–Kier alpha value is -2.82. The van der Waals surface area contributed by atoms with Crippen LogP contribution >= 0.6 is 0 Å². The first-order valence-corrected chi connectivity index (χ1v) is 10.1. The number of fused-ring (bicyclic) bond motifs is 3. The zero-order chi connectivity index (χ0) is 20.7. The SMILES string of the molecule is CC1CC23C[C@](C)(c4cc(O)ccc42)[C@@H](N(C)C(=O)c2ccc(C(=O)O)cc2)[C@H]13. The maximum Gasteiger partial charge on any atom is 0.335 e. The quantitative estimate of drug-likeness (QED) is 0.834. The molecule has 0 aliphatic heterocycles. The van der Waals surface area contributed by atoms with E-state index in [9.17, 15) is 14.7 Å². The number of hydrogen-bond acceptors (Lipinski definition) is 3. The van der Waals surface area contributed by atoms with E-state index in [1.54, 1.807) is 18.2 Å². The summed E-state index contributed by atoms with van der Waals surface area (Å²) in [7, 11) is 1.87. The lowest BCUT2D eigenvalue weighted by molar-refractivity contribution is 0.00774. The van der Waals surface area contributed by atoms with Crippen molar-refractivity contribution in [1.82, 2.24) is 4.90 Å². The molecule has 1 amide bonds. The van der Waals surface area contributed by atoms with Gasteiger partial charge in [-0.05, 0) is 72.2 Å². The Balaban J connectivity index is 1.54. The van der Waals surface area contributed by atoms with Crippen LogP contribution in [0.4, 0.5) is 0 Å². The number of carbonyl (C=O) groups is 2. The topological polar surface area (TPSA) is 77.8 Å². The van der Waals surface area contributed by atoms with E-state index in [4.69, 9.17) is 5.11 Å². The van der Waals surface area contributed by atoms with E-state index in [1.807, 2.05) is 18.0 Å². The highest BCUT2D eigenvalue weighted by Gasteiger charge is 2.73. The number of carbonyl (C=O) groups excluding carboxylic acids is 1. The number of phenolic OH excluding ortho intramolecular Hbond substituents is 1. The van der Waals surface area contributed by atoms with Crippen molar-refractivity contribution in [2.45, 2.75) is 43.6 Å². The van der Waals surface area contributed by atoms with Crippen molar-refractivity contribution in [2.24, 2.45) is 11.8 Å². The minimum Gasteiger partial charge on any atom is -0.508 e. The van der Waals surface area contributed by atoms with Gasteiger partial charge in [0, 0.05) is 29.5 Å². The summed E-state index contributed by atoms with van der Waals surface area (Å²) in [6.07, 6.45) is 2.13. The number of benzene rings is 2. The Morgan fingerprint density at radius 2 is 1.72 bits per heavy atom. The minimum absolute atomic E-state index is 0.0483. The Bertz CT molecular complexity index is 1050. The molecule has 2 aromatic carbocycles. The molecule has 0 aromatic heterocycles. The highest BCUT2D eigenvalue weighted by molar-refractivity contribution is 5.96. The molecule has 3 aliphatic carbocycles. The van der Waals surface area contributed by atoms with E-state index in [2.05, 4.69) is 19.9 Å². The number of phenols is 1. The number of carboxylic acids is 1. The van der Waals surface area contributed by atoms with Gasteiger partial charge in [-0.15, -0.1) is 0 Å². The summed E-state index contributed by atoms with van der Waals surface area (Å²) in [5.41, 5.74) is 3.10. The molecule has 5 nitrogen and oxygen atoms in total. The van der Waals surface area contributed by atoms with E-state index in [0.29, 0.717) is 17.4 Å². The van der Waals surface area contributed by atoms with E-state index in [1.165, 1.54) is 23.3 Å². The molecule has 5 rings (SSSR count). The van der Waals surface area contributed by atoms with Crippen LogP contribution in [0.25, 0.3) is 0 Å². The second-order valence-electron chi connectivity index (χ2n) is 9.43. The Morgan fingerprint density at radius 1 is 1.07 bits per heavy atom. The molecule has 1 spiro atoms. The Labute approximate surface area is 170 Å². The van der Waals surface area contributed by atoms with Crippen LogP contribution in [-0.4, -0.2) is 40.1 Å². The van der Waals surface area contributed by atoms with Crippen molar-refractivity contribution in [3.63, 3.8) is 0 Å². The van der Waals surface area contributed by atoms with Crippen molar-refractivity contribution >= 4 is 11.9 Å². The van der Waals surface area contributed by atoms with Crippen molar-refractivity contribution < 1.29 is 19.8 Å². The van der Waals surface area contributed by atoms with Crippen molar-refractivity contribution in [1.29, 1.82) is 0 Å². The number of aromatic carboxylic acids is 1. The first-order chi connectivity index (χ1) is 13.7. The van der Waals surface area contributed by atoms with Crippen LogP contribution < -0.4 is 0 Å². The van der Waals surface area contributed by atoms with E-state index >= 15 is 0 Å². The van der Waals surface area contributed by atoms with E-state index in [0.717, 1.165) is 12.8 Å². The largest absolute Gasteiger partial charge is 0.508 e. The molecule has 2 aromatic rings. The van der Waals surface area contributed by atoms with Gasteiger partial charge in [-0.2, -0.15) is 0 Å². The van der Waals surface area contributed by atoms with Crippen molar-refractivity contribution in [3.05, 3.63) is 64.7 Å². The van der Waals surface area contributed by atoms with Crippen LogP contribution in [0.1, 0.15) is 58.5 Å². The van der Waals surface area contributed by atoms with Gasteiger partial charge in [-0.3, -0.25) is 4.79 Å². The fraction of sp³-hybridized carbons (Fsp3) is 0.417. The maximum absolute atomic E-state index is 13.3. The molecular weight excluding hydrogens is 366 g/mol. The molecule has 5 atom stereocenters. The van der Waals surface area contributed by atoms with E-state index < -0.39 is 5.97 Å². The average Bonchev–Trinajstić information content (AvgIpc) is 3.07. The lowest BCUT2D eigenvalue weighted by atomic mass is 9.51. The highest BCUT2D eigenvalue weighted by Crippen LogP contribution is 2.73. The summed E-state index contributed by atoms with van der Waals surface area (Å²) in [6, 6.07) is 11.9. The summed E-state index contributed by atoms with van der Waals surface area (Å²) >= 11 is 0. The molecular formula is C24H25NO4. The molecule has 0 radical (unpaired) electrons. The predicted octanol–water partition coefficient (Wildman–Crippen LogP) is 3.80. The van der Waals surface area contributed by atoms with Gasteiger partial charge in [0.1, 0.15) is 5.75 Å². The molecule has 3 aliphatic rings. The molecule has 2 fully saturated rings. The number of rotatable bonds is 3. The third-order valence-corrected chi connectivity index (χ3v) is 7.88. The third kappa shape index (κ3) is 2.16. The molecule has 0 heterocycles. The van der Waals surface area contributed by atoms with Gasteiger partial charge in [-0.1, -0.05) is 19.9 Å². The first kappa shape index (κ1) is 18.2. The molecule has 150 valence electrons. The van der Waals surface area contributed by atoms with Gasteiger partial charge >= 0.3 is 5.97 Å². The van der Waals surface area contributed by atoms with Gasteiger partial charge < -0.3 is 15.1 Å². The third-order valence-electron chi connectivity index (χ3n) is 7.88. The second kappa shape index (κ2) is 5.62. The first-order valence-electron chi connectivity index (χ1n) is 10.1. The average molecular weight is 391 g/mol. The van der Waals surface area contributed by atoms with Gasteiger partial charge in [0.15, 0.2) is 0 Å². The summed E-state index contributed by atoms with van der Waals surface area (Å²) < 4.78 is 0. The van der Waals surface area contributed by atoms with Crippen molar-refractivity contribution in [3.8, 4) is 5.75 Å². The van der Waals surface area contributed by atoms with Crippen LogP contribution in [0.2, 0.25) is 0 Å². The van der Waals surface area contributed by atoms with Gasteiger partial charge in [0.25, 0.3) is 5.91 Å². The van der Waals surface area contributed by atoms with Crippen LogP contribution in [0.5, 0.6) is 5.75 Å². The normalized spacial score (nSPS) is 33.6. The standard InChI is InChI=1S/C24H25NO4/c1-13-11-24-12-23(2,18-10-16(26)8-9-17(18)24)20(19(13)24)25(3)21(27)14-4-6-15(7-5-14)22(28)29/h4-10,13,19-20,26H,11-12H2,1-3H3,(H,28,29)/t13?,19-,20-,23+,24?/m0/s1. The monoisotopic (exact) mass is 391 g/mol. The summed E-state index contributed by atoms with van der Waals surface area (Å²) in [6.45, 7) is 4.50. The number of nitrogens with zero attached hydrogens (tertiary/aromatic N) is 1. The Kier molecular flexibility index (Phi) is 3.53. The zero-order valence-corrected chi connectivity index (χ0v) is 16.8. The minimum atomic E-state index is -1.00. The predicted molar refractivity (Wildman–Crippen MR) is 108 cm³/mol.